The number of piperidine rings is 1. The van der Waals surface area contributed by atoms with Crippen LogP contribution in [0.25, 0.3) is 10.9 Å². The van der Waals surface area contributed by atoms with E-state index in [0.29, 0.717) is 62.3 Å². The molecule has 0 saturated carbocycles. The van der Waals surface area contributed by atoms with Crippen molar-refractivity contribution in [3.8, 4) is 0 Å². The number of amides is 1. The number of rotatable bonds is 10. The van der Waals surface area contributed by atoms with Crippen LogP contribution in [0, 0.1) is 11.6 Å². The first kappa shape index (κ1) is 32.1. The third kappa shape index (κ3) is 8.38. The normalized spacial score (nSPS) is 16.5. The third-order valence-electron chi connectivity index (χ3n) is 7.75. The summed E-state index contributed by atoms with van der Waals surface area (Å²) >= 11 is 0. The molecule has 1 aliphatic rings. The smallest absolute Gasteiger partial charge is 0.410 e. The fraction of sp³-hybridized carbons (Fsp3) is 0.562. The summed E-state index contributed by atoms with van der Waals surface area (Å²) in [4.78, 5) is 14.4. The van der Waals surface area contributed by atoms with Crippen molar-refractivity contribution in [2.24, 2.45) is 0 Å². The Labute approximate surface area is 249 Å². The van der Waals surface area contributed by atoms with Gasteiger partial charge in [-0.3, -0.25) is 0 Å². The van der Waals surface area contributed by atoms with Gasteiger partial charge in [-0.25, -0.2) is 18.3 Å². The van der Waals surface area contributed by atoms with Gasteiger partial charge in [-0.15, -0.1) is 0 Å². The highest BCUT2D eigenvalue weighted by Crippen LogP contribution is 2.38. The molecule has 0 N–H and O–H groups in total. The zero-order chi connectivity index (χ0) is 30.7. The fourth-order valence-electron chi connectivity index (χ4n) is 5.22. The van der Waals surface area contributed by atoms with E-state index < -0.39 is 25.2 Å². The molecule has 2 aromatic carbocycles. The Morgan fingerprint density at radius 1 is 1.07 bits per heavy atom. The summed E-state index contributed by atoms with van der Waals surface area (Å²) in [5.41, 5.74) is 1.25. The second-order valence-electron chi connectivity index (χ2n) is 13.7. The summed E-state index contributed by atoms with van der Waals surface area (Å²) in [5.74, 6) is -0.664. The first-order valence-electron chi connectivity index (χ1n) is 14.7. The van der Waals surface area contributed by atoms with Crippen molar-refractivity contribution in [1.29, 1.82) is 0 Å². The van der Waals surface area contributed by atoms with Gasteiger partial charge in [-0.1, -0.05) is 31.8 Å². The number of hydrogen-bond acceptors (Lipinski definition) is 5. The van der Waals surface area contributed by atoms with E-state index in [-0.39, 0.29) is 17.7 Å². The second-order valence-corrected chi connectivity index (χ2v) is 19.3. The molecule has 10 heteroatoms. The van der Waals surface area contributed by atoms with Gasteiger partial charge in [0.25, 0.3) is 0 Å². The van der Waals surface area contributed by atoms with Gasteiger partial charge in [-0.05, 0) is 76.4 Å². The number of ether oxygens (including phenoxy) is 3. The molecule has 1 aromatic heterocycles. The zero-order valence-electron chi connectivity index (χ0n) is 26.0. The van der Waals surface area contributed by atoms with Crippen LogP contribution in [-0.2, 0) is 26.4 Å². The molecule has 1 amide bonds. The van der Waals surface area contributed by atoms with Crippen LogP contribution >= 0.6 is 0 Å². The van der Waals surface area contributed by atoms with Crippen molar-refractivity contribution in [3.63, 3.8) is 0 Å². The van der Waals surface area contributed by atoms with Crippen LogP contribution in [-0.4, -0.2) is 60.8 Å². The predicted octanol–water partition coefficient (Wildman–Crippen LogP) is 7.67. The number of aromatic nitrogens is 2. The van der Waals surface area contributed by atoms with Crippen molar-refractivity contribution in [2.75, 3.05) is 26.3 Å². The molecule has 42 heavy (non-hydrogen) atoms. The number of halogens is 2. The van der Waals surface area contributed by atoms with E-state index in [1.54, 1.807) is 27.9 Å². The lowest BCUT2D eigenvalue weighted by Crippen LogP contribution is -2.48. The summed E-state index contributed by atoms with van der Waals surface area (Å²) in [6.45, 7) is 16.6. The van der Waals surface area contributed by atoms with Crippen LogP contribution in [0.15, 0.2) is 42.6 Å². The molecule has 2 heterocycles. The van der Waals surface area contributed by atoms with Crippen molar-refractivity contribution in [1.82, 2.24) is 14.7 Å². The topological polar surface area (TPSA) is 65.8 Å². The summed E-state index contributed by atoms with van der Waals surface area (Å²) in [6, 6.07) is 10.5. The lowest BCUT2D eigenvalue weighted by Gasteiger charge is -2.42. The average Bonchev–Trinajstić information content (AvgIpc) is 3.31. The molecule has 0 aliphatic carbocycles. The number of fused-ring (bicyclic) bond motifs is 1. The quantitative estimate of drug-likeness (QED) is 0.176. The lowest BCUT2D eigenvalue weighted by atomic mass is 9.73. The molecule has 0 bridgehead atoms. The van der Waals surface area contributed by atoms with Gasteiger partial charge in [0.15, 0.2) is 0 Å². The number of nitrogens with zero attached hydrogens (tertiary/aromatic N) is 3. The summed E-state index contributed by atoms with van der Waals surface area (Å²) < 4.78 is 48.1. The van der Waals surface area contributed by atoms with E-state index in [2.05, 4.69) is 19.6 Å². The van der Waals surface area contributed by atoms with Crippen LogP contribution in [0.2, 0.25) is 25.7 Å². The molecule has 0 spiro atoms. The van der Waals surface area contributed by atoms with Crippen molar-refractivity contribution in [2.45, 2.75) is 90.1 Å². The summed E-state index contributed by atoms with van der Waals surface area (Å²) in [5, 5.41) is 5.39. The second kappa shape index (κ2) is 12.8. The maximum Gasteiger partial charge on any atom is 0.410 e. The van der Waals surface area contributed by atoms with Crippen LogP contribution in [0.1, 0.15) is 57.8 Å². The maximum atomic E-state index is 14.7. The average molecular weight is 602 g/mol. The highest BCUT2D eigenvalue weighted by atomic mass is 28.3. The van der Waals surface area contributed by atoms with Crippen molar-refractivity contribution in [3.05, 3.63) is 65.4 Å². The Morgan fingerprint density at radius 2 is 1.74 bits per heavy atom. The zero-order valence-corrected chi connectivity index (χ0v) is 27.0. The Kier molecular flexibility index (Phi) is 9.79. The van der Waals surface area contributed by atoms with E-state index in [1.165, 1.54) is 24.3 Å². The Hall–Kier alpha value is -2.82. The Balaban J connectivity index is 1.50. The van der Waals surface area contributed by atoms with Gasteiger partial charge < -0.3 is 19.1 Å². The van der Waals surface area contributed by atoms with E-state index in [0.717, 1.165) is 11.6 Å². The number of likely N-dealkylation sites (tertiary alicyclic amines) is 1. The number of carbonyl (C=O) groups excluding carboxylic acids is 1. The molecular weight excluding hydrogens is 556 g/mol. The summed E-state index contributed by atoms with van der Waals surface area (Å²) in [6.07, 6.45) is 2.24. The molecule has 1 fully saturated rings. The molecular formula is C32H45F2N3O4Si. The third-order valence-corrected chi connectivity index (χ3v) is 9.45. The number of benzene rings is 2. The lowest BCUT2D eigenvalue weighted by molar-refractivity contribution is -0.00939. The molecule has 1 aliphatic heterocycles. The van der Waals surface area contributed by atoms with Crippen LogP contribution < -0.4 is 0 Å². The van der Waals surface area contributed by atoms with Crippen LogP contribution in [0.5, 0.6) is 0 Å². The first-order chi connectivity index (χ1) is 19.6. The largest absolute Gasteiger partial charge is 0.444 e. The first-order valence-corrected chi connectivity index (χ1v) is 18.4. The fourth-order valence-corrected chi connectivity index (χ4v) is 5.98. The minimum atomic E-state index is -1.20. The molecule has 3 aromatic rings. The highest BCUT2D eigenvalue weighted by molar-refractivity contribution is 6.76. The van der Waals surface area contributed by atoms with E-state index in [9.17, 15) is 13.6 Å². The summed E-state index contributed by atoms with van der Waals surface area (Å²) in [7, 11) is -1.20. The van der Waals surface area contributed by atoms with E-state index >= 15 is 0 Å². The van der Waals surface area contributed by atoms with Crippen molar-refractivity contribution >= 4 is 25.1 Å². The van der Waals surface area contributed by atoms with E-state index in [1.807, 2.05) is 27.7 Å². The van der Waals surface area contributed by atoms with Crippen LogP contribution in [0.3, 0.4) is 0 Å². The SMILES string of the molecule is CC(OCC1(c2ccc(F)cc2)CCN(C(=O)OC(C)(C)C)CC1)c1cc(F)cc2cn(COCC[Si](C)(C)C)nc12. The maximum absolute atomic E-state index is 14.7. The van der Waals surface area contributed by atoms with Gasteiger partial charge in [0.05, 0.1) is 18.2 Å². The predicted molar refractivity (Wildman–Crippen MR) is 163 cm³/mol. The molecule has 1 unspecified atom stereocenters. The van der Waals surface area contributed by atoms with Gasteiger partial charge >= 0.3 is 6.09 Å². The van der Waals surface area contributed by atoms with Gasteiger partial charge in [0, 0.05) is 50.3 Å². The monoisotopic (exact) mass is 601 g/mol. The molecule has 7 nitrogen and oxygen atoms in total. The van der Waals surface area contributed by atoms with Crippen LogP contribution in [0.4, 0.5) is 13.6 Å². The van der Waals surface area contributed by atoms with Gasteiger partial charge in [0.1, 0.15) is 24.0 Å². The molecule has 4 rings (SSSR count). The standard InChI is InChI=1S/C32H45F2N3O4Si/c1-23(28-19-27(34)18-24-20-37(35-29(24)28)22-39-16-17-42(5,6)7)40-21-32(25-8-10-26(33)11-9-25)12-14-36(15-13-32)30(38)41-31(2,3)4/h8-11,18-20,23H,12-17,21-22H2,1-7H3. The van der Waals surface area contributed by atoms with Crippen molar-refractivity contribution < 1.29 is 27.8 Å². The minimum Gasteiger partial charge on any atom is -0.444 e. The number of hydrogen-bond donors (Lipinski definition) is 0. The highest BCUT2D eigenvalue weighted by Gasteiger charge is 2.39. The molecule has 1 saturated heterocycles. The minimum absolute atomic E-state index is 0.303. The Morgan fingerprint density at radius 3 is 2.36 bits per heavy atom. The Bertz CT molecular complexity index is 1360. The van der Waals surface area contributed by atoms with E-state index in [4.69, 9.17) is 19.3 Å². The molecule has 230 valence electrons. The number of carbonyl (C=O) groups is 1. The molecule has 1 atom stereocenters. The van der Waals surface area contributed by atoms with Gasteiger partial charge in [-0.2, -0.15) is 5.10 Å². The van der Waals surface area contributed by atoms with Gasteiger partial charge in [0.2, 0.25) is 0 Å². The molecule has 0 radical (unpaired) electrons.